The van der Waals surface area contributed by atoms with E-state index in [1.165, 1.54) is 38.9 Å². The fourth-order valence-electron chi connectivity index (χ4n) is 3.98. The number of benzene rings is 5. The molecule has 6 aromatic rings. The smallest absolute Gasteiger partial charge is 0.0464 e. The topological polar surface area (TPSA) is 19.0 Å². The Morgan fingerprint density at radius 3 is 1.03 bits per heavy atom. The fourth-order valence-corrected chi connectivity index (χ4v) is 3.98. The van der Waals surface area contributed by atoms with Crippen LogP contribution in [-0.2, 0) is 0 Å². The summed E-state index contributed by atoms with van der Waals surface area (Å²) in [6.45, 7) is 0. The number of aromatic nitrogens is 1. The molecule has 0 saturated heterocycles. The van der Waals surface area contributed by atoms with Crippen molar-refractivity contribution in [1.29, 1.82) is 0 Å². The van der Waals surface area contributed by atoms with E-state index < -0.39 is 0 Å². The molecule has 0 aliphatic heterocycles. The molecule has 0 spiro atoms. The zero-order valence-corrected chi connectivity index (χ0v) is 17.7. The molecular formula is C30H24N2. The summed E-state index contributed by atoms with van der Waals surface area (Å²) in [5.74, 6) is 0. The molecule has 0 saturated carbocycles. The normalized spacial score (nSPS) is 10.5. The van der Waals surface area contributed by atoms with Crippen LogP contribution in [0.3, 0.4) is 0 Å². The average molecular weight is 413 g/mol. The van der Waals surface area contributed by atoms with Gasteiger partial charge >= 0.3 is 0 Å². The standard InChI is InChI=1S/C18H15N.C12H9N/c1-4-10-16(11-5-1)19(17-12-6-2-7-13-17)18-14-8-3-9-15-18;1-3-7-11-9(5-1)10-6-2-4-8-12(10)13-11/h1-15H;1-8,13H. The predicted molar refractivity (Wildman–Crippen MR) is 137 cm³/mol. The third-order valence-electron chi connectivity index (χ3n) is 5.46. The Balaban J connectivity index is 0.000000144. The van der Waals surface area contributed by atoms with Crippen molar-refractivity contribution in [2.75, 3.05) is 4.90 Å². The van der Waals surface area contributed by atoms with Gasteiger partial charge in [0.15, 0.2) is 0 Å². The van der Waals surface area contributed by atoms with Crippen molar-refractivity contribution in [3.05, 3.63) is 140 Å². The van der Waals surface area contributed by atoms with E-state index in [1.54, 1.807) is 0 Å². The van der Waals surface area contributed by atoms with Crippen LogP contribution < -0.4 is 4.90 Å². The van der Waals surface area contributed by atoms with Gasteiger partial charge in [0.2, 0.25) is 0 Å². The zero-order valence-electron chi connectivity index (χ0n) is 17.7. The molecule has 1 N–H and O–H groups in total. The van der Waals surface area contributed by atoms with E-state index in [9.17, 15) is 0 Å². The summed E-state index contributed by atoms with van der Waals surface area (Å²) in [7, 11) is 0. The first-order valence-corrected chi connectivity index (χ1v) is 10.8. The minimum Gasteiger partial charge on any atom is -0.355 e. The summed E-state index contributed by atoms with van der Waals surface area (Å²) in [6.07, 6.45) is 0. The summed E-state index contributed by atoms with van der Waals surface area (Å²) >= 11 is 0. The van der Waals surface area contributed by atoms with Crippen LogP contribution in [0.1, 0.15) is 0 Å². The van der Waals surface area contributed by atoms with Gasteiger partial charge in [-0.15, -0.1) is 0 Å². The number of fused-ring (bicyclic) bond motifs is 3. The quantitative estimate of drug-likeness (QED) is 0.309. The number of anilines is 3. The van der Waals surface area contributed by atoms with E-state index in [-0.39, 0.29) is 0 Å². The Labute approximate surface area is 188 Å². The first kappa shape index (κ1) is 19.7. The lowest BCUT2D eigenvalue weighted by Crippen LogP contribution is -2.09. The zero-order chi connectivity index (χ0) is 21.6. The number of nitrogens with one attached hydrogen (secondary N) is 1. The van der Waals surface area contributed by atoms with Crippen LogP contribution in [0.5, 0.6) is 0 Å². The first-order chi connectivity index (χ1) is 15.9. The average Bonchev–Trinajstić information content (AvgIpc) is 3.26. The maximum atomic E-state index is 3.38. The Morgan fingerprint density at radius 1 is 0.344 bits per heavy atom. The molecule has 2 nitrogen and oxygen atoms in total. The minimum atomic E-state index is 1.17. The Morgan fingerprint density at radius 2 is 0.656 bits per heavy atom. The molecule has 0 amide bonds. The highest BCUT2D eigenvalue weighted by Gasteiger charge is 2.10. The van der Waals surface area contributed by atoms with E-state index >= 15 is 0 Å². The molecule has 1 heterocycles. The lowest BCUT2D eigenvalue weighted by molar-refractivity contribution is 1.28. The van der Waals surface area contributed by atoms with Gasteiger partial charge in [0.25, 0.3) is 0 Å². The number of hydrogen-bond donors (Lipinski definition) is 1. The van der Waals surface area contributed by atoms with Gasteiger partial charge in [0, 0.05) is 38.9 Å². The highest BCUT2D eigenvalue weighted by atomic mass is 15.1. The first-order valence-electron chi connectivity index (χ1n) is 10.8. The van der Waals surface area contributed by atoms with Gasteiger partial charge in [0.1, 0.15) is 0 Å². The molecule has 0 atom stereocenters. The van der Waals surface area contributed by atoms with Crippen molar-refractivity contribution >= 4 is 38.9 Å². The summed E-state index contributed by atoms with van der Waals surface area (Å²) in [6, 6.07) is 48.0. The molecule has 6 rings (SSSR count). The number of para-hydroxylation sites is 5. The number of rotatable bonds is 3. The molecule has 1 aromatic heterocycles. The highest BCUT2D eigenvalue weighted by molar-refractivity contribution is 6.06. The number of H-pyrrole nitrogens is 1. The van der Waals surface area contributed by atoms with Gasteiger partial charge in [0.05, 0.1) is 0 Å². The lowest BCUT2D eigenvalue weighted by atomic mass is 10.2. The Kier molecular flexibility index (Phi) is 5.67. The van der Waals surface area contributed by atoms with E-state index in [0.29, 0.717) is 0 Å². The van der Waals surface area contributed by atoms with Crippen LogP contribution in [0.15, 0.2) is 140 Å². The largest absolute Gasteiger partial charge is 0.355 e. The van der Waals surface area contributed by atoms with Gasteiger partial charge < -0.3 is 9.88 Å². The van der Waals surface area contributed by atoms with Gasteiger partial charge in [-0.05, 0) is 48.5 Å². The lowest BCUT2D eigenvalue weighted by Gasteiger charge is -2.25. The second kappa shape index (κ2) is 9.23. The van der Waals surface area contributed by atoms with Crippen molar-refractivity contribution in [1.82, 2.24) is 4.98 Å². The van der Waals surface area contributed by atoms with Crippen LogP contribution >= 0.6 is 0 Å². The van der Waals surface area contributed by atoms with Crippen LogP contribution in [0.4, 0.5) is 17.1 Å². The number of aromatic amines is 1. The Bertz CT molecular complexity index is 1260. The van der Waals surface area contributed by atoms with E-state index in [2.05, 4.69) is 131 Å². The molecule has 0 fully saturated rings. The summed E-state index contributed by atoms with van der Waals surface area (Å²) in [5.41, 5.74) is 5.92. The molecule has 32 heavy (non-hydrogen) atoms. The SMILES string of the molecule is c1ccc(N(c2ccccc2)c2ccccc2)cc1.c1ccc2c(c1)[nH]c1ccccc12. The van der Waals surface area contributed by atoms with Crippen LogP contribution in [-0.4, -0.2) is 4.98 Å². The Hall–Kier alpha value is -4.30. The molecule has 0 bridgehead atoms. The van der Waals surface area contributed by atoms with Crippen molar-refractivity contribution in [2.24, 2.45) is 0 Å². The molecule has 154 valence electrons. The van der Waals surface area contributed by atoms with Crippen molar-refractivity contribution < 1.29 is 0 Å². The highest BCUT2D eigenvalue weighted by Crippen LogP contribution is 2.33. The van der Waals surface area contributed by atoms with E-state index in [1.807, 2.05) is 18.2 Å². The molecule has 0 radical (unpaired) electrons. The molecule has 0 unspecified atom stereocenters. The second-order valence-electron chi connectivity index (χ2n) is 7.56. The number of hydrogen-bond acceptors (Lipinski definition) is 1. The van der Waals surface area contributed by atoms with Crippen LogP contribution in [0.2, 0.25) is 0 Å². The minimum absolute atomic E-state index is 1.17. The van der Waals surface area contributed by atoms with Crippen molar-refractivity contribution in [3.8, 4) is 0 Å². The van der Waals surface area contributed by atoms with Crippen LogP contribution in [0, 0.1) is 0 Å². The van der Waals surface area contributed by atoms with E-state index in [0.717, 1.165) is 0 Å². The predicted octanol–water partition coefficient (Wildman–Crippen LogP) is 8.48. The molecule has 2 heteroatoms. The summed E-state index contributed by atoms with van der Waals surface area (Å²) in [4.78, 5) is 5.63. The molecule has 0 aliphatic rings. The molecule has 5 aromatic carbocycles. The molecule has 0 aliphatic carbocycles. The summed E-state index contributed by atoms with van der Waals surface area (Å²) < 4.78 is 0. The second-order valence-corrected chi connectivity index (χ2v) is 7.56. The third-order valence-corrected chi connectivity index (χ3v) is 5.46. The number of nitrogens with zero attached hydrogens (tertiary/aromatic N) is 1. The third kappa shape index (κ3) is 4.12. The van der Waals surface area contributed by atoms with Gasteiger partial charge in [-0.2, -0.15) is 0 Å². The monoisotopic (exact) mass is 412 g/mol. The van der Waals surface area contributed by atoms with E-state index in [4.69, 9.17) is 0 Å². The van der Waals surface area contributed by atoms with Crippen molar-refractivity contribution in [3.63, 3.8) is 0 Å². The van der Waals surface area contributed by atoms with Crippen molar-refractivity contribution in [2.45, 2.75) is 0 Å². The van der Waals surface area contributed by atoms with Gasteiger partial charge in [-0.25, -0.2) is 0 Å². The van der Waals surface area contributed by atoms with Crippen LogP contribution in [0.25, 0.3) is 21.8 Å². The fraction of sp³-hybridized carbons (Fsp3) is 0. The van der Waals surface area contributed by atoms with Gasteiger partial charge in [-0.1, -0.05) is 91.0 Å². The van der Waals surface area contributed by atoms with Gasteiger partial charge in [-0.3, -0.25) is 0 Å². The maximum absolute atomic E-state index is 3.38. The maximum Gasteiger partial charge on any atom is 0.0464 e. The molecular weight excluding hydrogens is 388 g/mol. The summed E-state index contributed by atoms with van der Waals surface area (Å²) in [5, 5.41) is 2.61.